The van der Waals surface area contributed by atoms with E-state index in [1.807, 2.05) is 0 Å². The first kappa shape index (κ1) is 20.1. The number of ether oxygens (including phenoxy) is 1. The molecule has 0 spiro atoms. The third-order valence-corrected chi connectivity index (χ3v) is 9.10. The maximum Gasteiger partial charge on any atom is 0.303 e. The lowest BCUT2D eigenvalue weighted by atomic mass is 9.46. The number of hydrogen-bond acceptors (Lipinski definition) is 5. The third-order valence-electron chi connectivity index (χ3n) is 9.10. The van der Waals surface area contributed by atoms with Crippen molar-refractivity contribution >= 4 is 11.8 Å². The molecule has 0 unspecified atom stereocenters. The number of carbonyl (C=O) groups excluding carboxylic acids is 2. The zero-order valence-electron chi connectivity index (χ0n) is 17.4. The molecule has 0 aromatic heterocycles. The van der Waals surface area contributed by atoms with Crippen LogP contribution in [0.25, 0.3) is 0 Å². The van der Waals surface area contributed by atoms with Crippen molar-refractivity contribution in [3.05, 3.63) is 11.6 Å². The van der Waals surface area contributed by atoms with Gasteiger partial charge in [-0.1, -0.05) is 25.5 Å². The second-order valence-electron chi connectivity index (χ2n) is 10.2. The first-order valence-corrected chi connectivity index (χ1v) is 10.9. The molecule has 4 aliphatic rings. The number of hydrogen-bond donors (Lipinski definition) is 2. The van der Waals surface area contributed by atoms with Gasteiger partial charge in [0.1, 0.15) is 5.60 Å². The fraction of sp³-hybridized carbons (Fsp3) is 0.826. The van der Waals surface area contributed by atoms with Crippen molar-refractivity contribution in [2.75, 3.05) is 6.61 Å². The van der Waals surface area contributed by atoms with Gasteiger partial charge in [-0.05, 0) is 74.5 Å². The molecule has 4 aliphatic carbocycles. The predicted octanol–water partition coefficient (Wildman–Crippen LogP) is 3.17. The number of allylic oxidation sites excluding steroid dienone is 1. The minimum absolute atomic E-state index is 0.145. The van der Waals surface area contributed by atoms with Crippen LogP contribution in [-0.4, -0.2) is 40.3 Å². The highest BCUT2D eigenvalue weighted by Crippen LogP contribution is 2.67. The van der Waals surface area contributed by atoms with Crippen molar-refractivity contribution < 1.29 is 24.5 Å². The number of aliphatic hydroxyl groups excluding tert-OH is 1. The smallest absolute Gasteiger partial charge is 0.303 e. The molecule has 0 amide bonds. The van der Waals surface area contributed by atoms with Crippen molar-refractivity contribution in [3.8, 4) is 0 Å². The Balaban J connectivity index is 1.60. The molecule has 3 fully saturated rings. The summed E-state index contributed by atoms with van der Waals surface area (Å²) in [6, 6.07) is 0. The molecule has 0 aromatic carbocycles. The molecule has 5 heteroatoms. The molecule has 2 N–H and O–H groups in total. The van der Waals surface area contributed by atoms with Crippen molar-refractivity contribution in [2.45, 2.75) is 83.8 Å². The first-order chi connectivity index (χ1) is 13.1. The van der Waals surface area contributed by atoms with Crippen LogP contribution in [0.3, 0.4) is 0 Å². The molecule has 156 valence electrons. The number of esters is 1. The largest absolute Gasteiger partial charge is 0.458 e. The summed E-state index contributed by atoms with van der Waals surface area (Å²) in [5.74, 6) is 0.504. The topological polar surface area (TPSA) is 83.8 Å². The van der Waals surface area contributed by atoms with Crippen LogP contribution in [-0.2, 0) is 14.3 Å². The number of Topliss-reactive ketones (excluding diaryl/α,β-unsaturated/α-hetero) is 1. The zero-order valence-corrected chi connectivity index (χ0v) is 17.4. The fourth-order valence-corrected chi connectivity index (χ4v) is 7.40. The molecule has 4 rings (SSSR count). The van der Waals surface area contributed by atoms with Gasteiger partial charge in [-0.25, -0.2) is 0 Å². The first-order valence-electron chi connectivity index (χ1n) is 10.9. The maximum atomic E-state index is 12.9. The van der Waals surface area contributed by atoms with Crippen LogP contribution in [0.2, 0.25) is 0 Å². The van der Waals surface area contributed by atoms with Gasteiger partial charge in [0.2, 0.25) is 5.78 Å². The number of ketones is 1. The van der Waals surface area contributed by atoms with E-state index in [1.165, 1.54) is 12.5 Å². The Hall–Kier alpha value is -1.20. The van der Waals surface area contributed by atoms with E-state index in [0.717, 1.165) is 44.9 Å². The zero-order chi connectivity index (χ0) is 20.3. The summed E-state index contributed by atoms with van der Waals surface area (Å²) in [6.45, 7) is 5.41. The monoisotopic (exact) mass is 390 g/mol. The Morgan fingerprint density at radius 3 is 2.57 bits per heavy atom. The molecule has 0 radical (unpaired) electrons. The van der Waals surface area contributed by atoms with Crippen LogP contribution in [0.15, 0.2) is 11.6 Å². The molecule has 0 heterocycles. The standard InChI is InChI=1S/C23H34O5/c1-14(24)28-13-20(26)23(27)11-8-19-17-5-4-15-12-16(25)6-9-21(15,2)18(17)7-10-22(19,23)3/h4,16-19,25,27H,5-13H2,1-3H3/t16-,17-,18+,19+,21-,22+,23+/m0/s1. The van der Waals surface area contributed by atoms with E-state index in [2.05, 4.69) is 19.9 Å². The van der Waals surface area contributed by atoms with Crippen LogP contribution < -0.4 is 0 Å². The van der Waals surface area contributed by atoms with E-state index in [0.29, 0.717) is 24.2 Å². The van der Waals surface area contributed by atoms with Crippen LogP contribution in [0, 0.1) is 28.6 Å². The molecule has 7 atom stereocenters. The van der Waals surface area contributed by atoms with Crippen molar-refractivity contribution in [3.63, 3.8) is 0 Å². The highest BCUT2D eigenvalue weighted by molar-refractivity contribution is 5.90. The van der Waals surface area contributed by atoms with Gasteiger partial charge in [0.25, 0.3) is 0 Å². The van der Waals surface area contributed by atoms with Gasteiger partial charge in [-0.3, -0.25) is 9.59 Å². The van der Waals surface area contributed by atoms with Gasteiger partial charge in [-0.2, -0.15) is 0 Å². The van der Waals surface area contributed by atoms with Gasteiger partial charge >= 0.3 is 5.97 Å². The van der Waals surface area contributed by atoms with Crippen LogP contribution in [0.1, 0.15) is 72.1 Å². The lowest BCUT2D eigenvalue weighted by molar-refractivity contribution is -0.168. The second-order valence-corrected chi connectivity index (χ2v) is 10.2. The van der Waals surface area contributed by atoms with E-state index < -0.39 is 17.0 Å². The molecule has 0 aromatic rings. The van der Waals surface area contributed by atoms with Gasteiger partial charge < -0.3 is 14.9 Å². The maximum absolute atomic E-state index is 12.9. The minimum atomic E-state index is -1.40. The average molecular weight is 391 g/mol. The van der Waals surface area contributed by atoms with E-state index in [-0.39, 0.29) is 23.9 Å². The van der Waals surface area contributed by atoms with Gasteiger partial charge in [0.05, 0.1) is 6.10 Å². The summed E-state index contributed by atoms with van der Waals surface area (Å²) in [6.07, 6.45) is 8.96. The lowest BCUT2D eigenvalue weighted by Crippen LogP contribution is -2.58. The van der Waals surface area contributed by atoms with Gasteiger partial charge in [0, 0.05) is 12.3 Å². The Labute approximate surface area is 167 Å². The number of rotatable bonds is 3. The fourth-order valence-electron chi connectivity index (χ4n) is 7.40. The molecule has 28 heavy (non-hydrogen) atoms. The van der Waals surface area contributed by atoms with E-state index >= 15 is 0 Å². The molecule has 0 saturated heterocycles. The summed E-state index contributed by atoms with van der Waals surface area (Å²) >= 11 is 0. The summed E-state index contributed by atoms with van der Waals surface area (Å²) < 4.78 is 4.93. The normalized spacial score (nSPS) is 47.4. The average Bonchev–Trinajstić information content (AvgIpc) is 2.92. The Morgan fingerprint density at radius 2 is 1.86 bits per heavy atom. The van der Waals surface area contributed by atoms with Crippen LogP contribution in [0.4, 0.5) is 0 Å². The summed E-state index contributed by atoms with van der Waals surface area (Å²) in [4.78, 5) is 24.0. The van der Waals surface area contributed by atoms with E-state index in [1.54, 1.807) is 0 Å². The summed E-state index contributed by atoms with van der Waals surface area (Å²) in [5.41, 5.74) is -0.283. The van der Waals surface area contributed by atoms with E-state index in [9.17, 15) is 19.8 Å². The summed E-state index contributed by atoms with van der Waals surface area (Å²) in [7, 11) is 0. The number of fused-ring (bicyclic) bond motifs is 5. The van der Waals surface area contributed by atoms with Crippen molar-refractivity contribution in [1.29, 1.82) is 0 Å². The minimum Gasteiger partial charge on any atom is -0.458 e. The van der Waals surface area contributed by atoms with Crippen molar-refractivity contribution in [2.24, 2.45) is 28.6 Å². The third kappa shape index (κ3) is 2.72. The van der Waals surface area contributed by atoms with Crippen molar-refractivity contribution in [1.82, 2.24) is 0 Å². The Morgan fingerprint density at radius 1 is 1.14 bits per heavy atom. The number of carbonyl (C=O) groups is 2. The highest BCUT2D eigenvalue weighted by atomic mass is 16.5. The SMILES string of the molecule is CC(=O)OCC(=O)[C@]1(O)CC[C@@H]2[C@H]3CC=C4C[C@@H](O)CC[C@]4(C)[C@@H]3CC[C@]21C. The molecule has 0 bridgehead atoms. The summed E-state index contributed by atoms with van der Waals surface area (Å²) in [5, 5.41) is 21.6. The Bertz CT molecular complexity index is 714. The predicted molar refractivity (Wildman–Crippen MR) is 104 cm³/mol. The number of aliphatic hydroxyl groups is 2. The lowest BCUT2D eigenvalue weighted by Gasteiger charge is -2.58. The quantitative estimate of drug-likeness (QED) is 0.571. The van der Waals surface area contributed by atoms with Crippen LogP contribution in [0.5, 0.6) is 0 Å². The molecule has 5 nitrogen and oxygen atoms in total. The molecular weight excluding hydrogens is 356 g/mol. The second kappa shape index (κ2) is 6.66. The molecule has 3 saturated carbocycles. The highest BCUT2D eigenvalue weighted by Gasteiger charge is 2.66. The molecule has 0 aliphatic heterocycles. The molecular formula is C23H34O5. The van der Waals surface area contributed by atoms with Crippen LogP contribution >= 0.6 is 0 Å². The van der Waals surface area contributed by atoms with Gasteiger partial charge in [-0.15, -0.1) is 0 Å². The van der Waals surface area contributed by atoms with E-state index in [4.69, 9.17) is 4.74 Å². The Kier molecular flexibility index (Phi) is 4.78. The van der Waals surface area contributed by atoms with Gasteiger partial charge in [0.15, 0.2) is 6.61 Å².